The number of halogens is 1. The van der Waals surface area contributed by atoms with Gasteiger partial charge in [-0.3, -0.25) is 4.79 Å². The number of rotatable bonds is 9. The van der Waals surface area contributed by atoms with Crippen molar-refractivity contribution in [1.82, 2.24) is 5.32 Å². The van der Waals surface area contributed by atoms with Crippen molar-refractivity contribution in [2.75, 3.05) is 13.1 Å². The minimum absolute atomic E-state index is 0. The van der Waals surface area contributed by atoms with E-state index in [-0.39, 0.29) is 34.8 Å². The summed E-state index contributed by atoms with van der Waals surface area (Å²) in [5.41, 5.74) is 1.58. The van der Waals surface area contributed by atoms with E-state index in [1.807, 2.05) is 48.5 Å². The molecule has 0 fully saturated rings. The Labute approximate surface area is 205 Å². The Balaban J connectivity index is 0.00000204. The number of ether oxygens (including phenoxy) is 1. The number of fused-ring (bicyclic) bond motifs is 2. The first-order chi connectivity index (χ1) is 15.5. The molecule has 2 aliphatic heterocycles. The van der Waals surface area contributed by atoms with Gasteiger partial charge in [-0.1, -0.05) is 56.2 Å². The Kier molecular flexibility index (Phi) is 9.37. The second-order valence-corrected chi connectivity index (χ2v) is 8.30. The molecule has 2 aromatic carbocycles. The SMILES string of the molecule is CCCCCC[N+]1(CC(=O)O)C=NC(NC(=O)C2c3ccccc3Oc3ccccc32)=C1.Cl.O. The largest absolute Gasteiger partial charge is 0.477 e. The zero-order valence-corrected chi connectivity index (χ0v) is 19.9. The second kappa shape index (κ2) is 11.8. The van der Waals surface area contributed by atoms with Gasteiger partial charge in [0, 0.05) is 11.1 Å². The molecule has 0 radical (unpaired) electrons. The predicted molar refractivity (Wildman–Crippen MR) is 132 cm³/mol. The Morgan fingerprint density at radius 3 is 2.24 bits per heavy atom. The maximum atomic E-state index is 13.4. The van der Waals surface area contributed by atoms with Crippen LogP contribution in [0.25, 0.3) is 0 Å². The number of hydrogen-bond donors (Lipinski definition) is 2. The highest BCUT2D eigenvalue weighted by Crippen LogP contribution is 2.44. The number of unbranched alkanes of at least 4 members (excludes halogenated alkanes) is 3. The first-order valence-corrected chi connectivity index (χ1v) is 11.0. The lowest BCUT2D eigenvalue weighted by atomic mass is 9.87. The standard InChI is InChI=1S/C25H27N3O4.ClH.H2O/c1-2-3-4-9-14-28(16-23(29)30)15-22(26-17-28)27-25(31)24-18-10-5-7-12-20(18)32-21-13-8-6-11-19(21)24;;/h5-8,10-13,15,17,24H,2-4,9,14,16H2,1H3,(H-,27,29,30,31);1H;1H2/p+1. The third-order valence-corrected chi connectivity index (χ3v) is 5.86. The third kappa shape index (κ3) is 5.83. The molecule has 4 N–H and O–H groups in total. The van der Waals surface area contributed by atoms with E-state index >= 15 is 0 Å². The highest BCUT2D eigenvalue weighted by Gasteiger charge is 2.36. The molecule has 182 valence electrons. The average Bonchev–Trinajstić information content (AvgIpc) is 3.16. The third-order valence-electron chi connectivity index (χ3n) is 5.86. The molecule has 1 atom stereocenters. The summed E-state index contributed by atoms with van der Waals surface area (Å²) in [6.45, 7) is 2.68. The fourth-order valence-corrected chi connectivity index (χ4v) is 4.32. The number of nitrogens with one attached hydrogen (secondary N) is 1. The van der Waals surface area contributed by atoms with Crippen LogP contribution in [0.2, 0.25) is 0 Å². The molecule has 34 heavy (non-hydrogen) atoms. The van der Waals surface area contributed by atoms with E-state index in [4.69, 9.17) is 4.74 Å². The molecule has 8 nitrogen and oxygen atoms in total. The minimum atomic E-state index is -0.900. The van der Waals surface area contributed by atoms with E-state index in [0.29, 0.717) is 23.9 Å². The number of carboxylic acids is 1. The molecule has 1 amide bonds. The molecule has 0 saturated carbocycles. The van der Waals surface area contributed by atoms with Gasteiger partial charge in [-0.15, -0.1) is 12.4 Å². The van der Waals surface area contributed by atoms with E-state index < -0.39 is 11.9 Å². The molecule has 0 spiro atoms. The fraction of sp³-hybridized carbons (Fsp3) is 0.320. The summed E-state index contributed by atoms with van der Waals surface area (Å²) in [7, 11) is 0. The van der Waals surface area contributed by atoms with Crippen molar-refractivity contribution >= 4 is 30.6 Å². The van der Waals surface area contributed by atoms with Crippen molar-refractivity contribution in [1.29, 1.82) is 0 Å². The molecule has 0 bridgehead atoms. The minimum Gasteiger partial charge on any atom is -0.477 e. The number of carbonyl (C=O) groups is 2. The molecular weight excluding hydrogens is 458 g/mol. The van der Waals surface area contributed by atoms with Crippen molar-refractivity contribution in [3.05, 3.63) is 71.7 Å². The van der Waals surface area contributed by atoms with E-state index in [9.17, 15) is 14.7 Å². The molecule has 0 aliphatic carbocycles. The number of carboxylic acid groups (broad SMARTS) is 1. The molecule has 1 unspecified atom stereocenters. The highest BCUT2D eigenvalue weighted by atomic mass is 35.5. The number of aliphatic carboxylic acids is 1. The van der Waals surface area contributed by atoms with Crippen molar-refractivity contribution in [2.24, 2.45) is 4.99 Å². The first kappa shape index (κ1) is 27.0. The lowest BCUT2D eigenvalue weighted by molar-refractivity contribution is -0.771. The van der Waals surface area contributed by atoms with Crippen LogP contribution in [0.3, 0.4) is 0 Å². The van der Waals surface area contributed by atoms with Crippen LogP contribution in [0.4, 0.5) is 0 Å². The van der Waals surface area contributed by atoms with E-state index in [1.165, 1.54) is 0 Å². The van der Waals surface area contributed by atoms with Gasteiger partial charge >= 0.3 is 5.97 Å². The molecule has 0 aromatic heterocycles. The van der Waals surface area contributed by atoms with Crippen LogP contribution < -0.4 is 10.1 Å². The van der Waals surface area contributed by atoms with Gasteiger partial charge in [0.05, 0.1) is 12.5 Å². The average molecular weight is 489 g/mol. The van der Waals surface area contributed by atoms with E-state index in [2.05, 4.69) is 17.2 Å². The van der Waals surface area contributed by atoms with Gasteiger partial charge in [0.1, 0.15) is 17.7 Å². The maximum absolute atomic E-state index is 13.4. The van der Waals surface area contributed by atoms with Crippen LogP contribution in [0.15, 0.2) is 65.5 Å². The van der Waals surface area contributed by atoms with Gasteiger partial charge in [-0.05, 0) is 25.0 Å². The second-order valence-electron chi connectivity index (χ2n) is 8.30. The number of nitrogens with zero attached hydrogens (tertiary/aromatic N) is 2. The van der Waals surface area contributed by atoms with Crippen LogP contribution in [-0.2, 0) is 9.59 Å². The van der Waals surface area contributed by atoms with Crippen molar-refractivity contribution in [3.63, 3.8) is 0 Å². The van der Waals surface area contributed by atoms with Gasteiger partial charge in [-0.2, -0.15) is 4.99 Å². The lowest BCUT2D eigenvalue weighted by Gasteiger charge is -2.27. The molecule has 9 heteroatoms. The predicted octanol–water partition coefficient (Wildman–Crippen LogP) is 3.96. The molecule has 0 saturated heterocycles. The normalized spacial score (nSPS) is 17.9. The first-order valence-electron chi connectivity index (χ1n) is 11.0. The number of quaternary nitrogens is 1. The van der Waals surface area contributed by atoms with Gasteiger partial charge in [0.25, 0.3) is 0 Å². The Bertz CT molecular complexity index is 1040. The zero-order valence-electron chi connectivity index (χ0n) is 19.1. The number of amides is 1. The fourth-order valence-electron chi connectivity index (χ4n) is 4.32. The Morgan fingerprint density at radius 1 is 1.03 bits per heavy atom. The van der Waals surface area contributed by atoms with E-state index in [1.54, 1.807) is 12.5 Å². The monoisotopic (exact) mass is 488 g/mol. The van der Waals surface area contributed by atoms with Gasteiger partial charge in [0.2, 0.25) is 5.91 Å². The number of hydrogen-bond acceptors (Lipinski definition) is 4. The summed E-state index contributed by atoms with van der Waals surface area (Å²) >= 11 is 0. The van der Waals surface area contributed by atoms with Crippen LogP contribution in [-0.4, -0.2) is 46.4 Å². The summed E-state index contributed by atoms with van der Waals surface area (Å²) < 4.78 is 6.08. The van der Waals surface area contributed by atoms with Crippen molar-refractivity contribution in [3.8, 4) is 11.5 Å². The lowest BCUT2D eigenvalue weighted by Crippen LogP contribution is -2.45. The molecule has 2 aromatic rings. The van der Waals surface area contributed by atoms with Crippen LogP contribution >= 0.6 is 12.4 Å². The number of para-hydroxylation sites is 2. The van der Waals surface area contributed by atoms with Crippen LogP contribution in [0, 0.1) is 0 Å². The van der Waals surface area contributed by atoms with Gasteiger partial charge in [0.15, 0.2) is 18.7 Å². The summed E-state index contributed by atoms with van der Waals surface area (Å²) in [6.07, 6.45) is 7.52. The maximum Gasteiger partial charge on any atom is 0.360 e. The summed E-state index contributed by atoms with van der Waals surface area (Å²) in [4.78, 5) is 29.3. The molecule has 2 aliphatic rings. The van der Waals surface area contributed by atoms with Crippen LogP contribution in [0.5, 0.6) is 11.5 Å². The molecule has 2 heterocycles. The van der Waals surface area contributed by atoms with Crippen molar-refractivity contribution < 1.29 is 29.4 Å². The van der Waals surface area contributed by atoms with Gasteiger partial charge in [-0.25, -0.2) is 9.28 Å². The molecular formula is C25H31ClN3O5+. The van der Waals surface area contributed by atoms with Crippen molar-refractivity contribution in [2.45, 2.75) is 38.5 Å². The number of aliphatic imine (C=N–C) groups is 1. The van der Waals surface area contributed by atoms with Gasteiger partial charge < -0.3 is 20.6 Å². The highest BCUT2D eigenvalue weighted by molar-refractivity contribution is 5.91. The zero-order chi connectivity index (χ0) is 22.6. The topological polar surface area (TPSA) is 119 Å². The summed E-state index contributed by atoms with van der Waals surface area (Å²) in [5, 5.41) is 12.3. The van der Waals surface area contributed by atoms with E-state index in [0.717, 1.165) is 36.8 Å². The smallest absolute Gasteiger partial charge is 0.360 e. The summed E-state index contributed by atoms with van der Waals surface area (Å²) in [6, 6.07) is 15.0. The molecule has 4 rings (SSSR count). The Morgan fingerprint density at radius 2 is 1.65 bits per heavy atom. The van der Waals surface area contributed by atoms with Crippen LogP contribution in [0.1, 0.15) is 49.7 Å². The number of carbonyl (C=O) groups excluding carboxylic acids is 1. The number of benzene rings is 2. The Hall–Kier alpha value is -3.20. The quantitative estimate of drug-likeness (QED) is 0.410. The summed E-state index contributed by atoms with van der Waals surface area (Å²) in [5.74, 6) is 0.0253.